The molecule has 0 aromatic heterocycles. The molecule has 0 aromatic carbocycles. The molecule has 3 aliphatic carbocycles. The van der Waals surface area contributed by atoms with Crippen LogP contribution in [-0.2, 0) is 9.59 Å². The maximum absolute atomic E-state index is 12.9. The van der Waals surface area contributed by atoms with Gasteiger partial charge in [0.1, 0.15) is 5.78 Å². The summed E-state index contributed by atoms with van der Waals surface area (Å²) in [5.41, 5.74) is 0.302. The molecule has 3 fully saturated rings. The van der Waals surface area contributed by atoms with Gasteiger partial charge in [0.05, 0.1) is 0 Å². The van der Waals surface area contributed by atoms with E-state index < -0.39 is 0 Å². The topological polar surface area (TPSA) is 46.2 Å². The first-order valence-electron chi connectivity index (χ1n) is 11.8. The van der Waals surface area contributed by atoms with Crippen molar-refractivity contribution in [2.45, 2.75) is 92.5 Å². The molecular formula is C25H41NO2. The van der Waals surface area contributed by atoms with Crippen LogP contribution in [0.3, 0.4) is 0 Å². The molecule has 4 rings (SSSR count). The van der Waals surface area contributed by atoms with E-state index in [9.17, 15) is 9.59 Å². The van der Waals surface area contributed by atoms with Crippen molar-refractivity contribution in [3.8, 4) is 0 Å². The van der Waals surface area contributed by atoms with Gasteiger partial charge in [-0.15, -0.1) is 0 Å². The fraction of sp³-hybridized carbons (Fsp3) is 0.840. The molecule has 3 heteroatoms. The van der Waals surface area contributed by atoms with E-state index in [-0.39, 0.29) is 22.7 Å². The number of ketones is 1. The number of nitrogens with one attached hydrogen (secondary N) is 1. The van der Waals surface area contributed by atoms with E-state index in [4.69, 9.17) is 0 Å². The van der Waals surface area contributed by atoms with Crippen molar-refractivity contribution in [1.82, 2.24) is 5.32 Å². The lowest BCUT2D eigenvalue weighted by Crippen LogP contribution is -2.59. The second-order valence-corrected chi connectivity index (χ2v) is 10.5. The van der Waals surface area contributed by atoms with Crippen LogP contribution in [0.2, 0.25) is 0 Å². The Hall–Kier alpha value is -1.12. The third kappa shape index (κ3) is 3.37. The van der Waals surface area contributed by atoms with Gasteiger partial charge in [-0.1, -0.05) is 47.6 Å². The largest absolute Gasteiger partial charge is 0.349 e. The van der Waals surface area contributed by atoms with Crippen LogP contribution in [0.15, 0.2) is 12.2 Å². The molecule has 7 atom stereocenters. The molecule has 1 amide bonds. The Kier molecular flexibility index (Phi) is 6.13. The van der Waals surface area contributed by atoms with E-state index in [1.807, 2.05) is 13.8 Å². The minimum absolute atomic E-state index is 0.0757. The van der Waals surface area contributed by atoms with E-state index in [2.05, 4.69) is 39.1 Å². The van der Waals surface area contributed by atoms with Gasteiger partial charge in [-0.3, -0.25) is 9.59 Å². The number of hydrogen-bond donors (Lipinski definition) is 1. The van der Waals surface area contributed by atoms with Crippen molar-refractivity contribution in [2.75, 3.05) is 0 Å². The number of hydrogen-bond acceptors (Lipinski definition) is 2. The standard InChI is InChI=1S/C23H35NO2.C2H6/c1-14(2)13-19(25)18-7-6-16-15-5-8-20-23(4,12-10-21(26)24-20)17(15)9-11-22(16,18)3;1-2/h10,12,14-18,20H,5-9,11,13H2,1-4H3,(H,24,26);1-2H3/t15?,16?,17?,18?,20?,22-,23+;/m0./s1. The zero-order valence-corrected chi connectivity index (χ0v) is 18.9. The average Bonchev–Trinajstić information content (AvgIpc) is 3.01. The highest BCUT2D eigenvalue weighted by molar-refractivity contribution is 5.89. The van der Waals surface area contributed by atoms with Crippen LogP contribution in [0.25, 0.3) is 0 Å². The monoisotopic (exact) mass is 387 g/mol. The Morgan fingerprint density at radius 2 is 1.82 bits per heavy atom. The Balaban J connectivity index is 0.00000109. The smallest absolute Gasteiger partial charge is 0.243 e. The zero-order chi connectivity index (χ0) is 20.7. The minimum atomic E-state index is 0.0757. The number of amides is 1. The van der Waals surface area contributed by atoms with Crippen LogP contribution >= 0.6 is 0 Å². The molecule has 1 aliphatic heterocycles. The molecule has 0 radical (unpaired) electrons. The molecule has 28 heavy (non-hydrogen) atoms. The quantitative estimate of drug-likeness (QED) is 0.691. The Morgan fingerprint density at radius 1 is 1.11 bits per heavy atom. The van der Waals surface area contributed by atoms with Crippen LogP contribution in [0, 0.1) is 40.4 Å². The summed E-state index contributed by atoms with van der Waals surface area (Å²) in [6.45, 7) is 13.1. The van der Waals surface area contributed by atoms with Crippen molar-refractivity contribution in [3.63, 3.8) is 0 Å². The molecule has 5 unspecified atom stereocenters. The third-order valence-electron chi connectivity index (χ3n) is 8.68. The number of rotatable bonds is 3. The van der Waals surface area contributed by atoms with E-state index >= 15 is 0 Å². The number of carbonyl (C=O) groups is 2. The first-order valence-corrected chi connectivity index (χ1v) is 11.8. The fourth-order valence-electron chi connectivity index (χ4n) is 7.41. The Bertz CT molecular complexity index is 638. The van der Waals surface area contributed by atoms with Crippen LogP contribution in [0.4, 0.5) is 0 Å². The molecular weight excluding hydrogens is 346 g/mol. The summed E-state index contributed by atoms with van der Waals surface area (Å²) >= 11 is 0. The molecule has 158 valence electrons. The summed E-state index contributed by atoms with van der Waals surface area (Å²) in [5, 5.41) is 3.23. The predicted octanol–water partition coefficient (Wildman–Crippen LogP) is 5.54. The highest BCUT2D eigenvalue weighted by atomic mass is 16.1. The zero-order valence-electron chi connectivity index (χ0n) is 18.9. The van der Waals surface area contributed by atoms with Crippen LogP contribution < -0.4 is 5.32 Å². The SMILES string of the molecule is CC.CC(C)CC(=O)C1CCC2C3CCC4NC(=O)C=C[C@]4(C)C3CC[C@]12C. The van der Waals surface area contributed by atoms with E-state index in [1.54, 1.807) is 6.08 Å². The van der Waals surface area contributed by atoms with Gasteiger partial charge >= 0.3 is 0 Å². The molecule has 0 spiro atoms. The molecule has 3 nitrogen and oxygen atoms in total. The number of carbonyl (C=O) groups excluding carboxylic acids is 2. The summed E-state index contributed by atoms with van der Waals surface area (Å²) in [5.74, 6) is 3.39. The number of Topliss-reactive ketones (excluding diaryl/α,β-unsaturated/α-hetero) is 1. The molecule has 0 saturated heterocycles. The Labute approximate surface area is 172 Å². The van der Waals surface area contributed by atoms with Gasteiger partial charge in [0.25, 0.3) is 0 Å². The van der Waals surface area contributed by atoms with Gasteiger partial charge in [0, 0.05) is 23.8 Å². The van der Waals surface area contributed by atoms with Crippen molar-refractivity contribution >= 4 is 11.7 Å². The van der Waals surface area contributed by atoms with E-state index in [1.165, 1.54) is 25.7 Å². The van der Waals surface area contributed by atoms with Gasteiger partial charge in [-0.05, 0) is 73.7 Å². The summed E-state index contributed by atoms with van der Waals surface area (Å²) in [6.07, 6.45) is 11.7. The van der Waals surface area contributed by atoms with Gasteiger partial charge in [-0.25, -0.2) is 0 Å². The normalized spacial score (nSPS) is 44.0. The summed E-state index contributed by atoms with van der Waals surface area (Å²) in [4.78, 5) is 24.8. The van der Waals surface area contributed by atoms with Crippen molar-refractivity contribution < 1.29 is 9.59 Å². The summed E-state index contributed by atoms with van der Waals surface area (Å²) < 4.78 is 0. The second-order valence-electron chi connectivity index (χ2n) is 10.5. The highest BCUT2D eigenvalue weighted by Gasteiger charge is 2.60. The highest BCUT2D eigenvalue weighted by Crippen LogP contribution is 2.65. The minimum Gasteiger partial charge on any atom is -0.349 e. The lowest BCUT2D eigenvalue weighted by Gasteiger charge is -2.58. The van der Waals surface area contributed by atoms with Crippen molar-refractivity contribution in [3.05, 3.63) is 12.2 Å². The predicted molar refractivity (Wildman–Crippen MR) is 115 cm³/mol. The van der Waals surface area contributed by atoms with Crippen LogP contribution in [-0.4, -0.2) is 17.7 Å². The summed E-state index contributed by atoms with van der Waals surface area (Å²) in [6, 6.07) is 0.297. The molecule has 4 aliphatic rings. The van der Waals surface area contributed by atoms with E-state index in [0.717, 1.165) is 19.3 Å². The first-order chi connectivity index (χ1) is 13.3. The molecule has 3 saturated carbocycles. The lowest BCUT2D eigenvalue weighted by molar-refractivity contribution is -0.132. The van der Waals surface area contributed by atoms with Crippen LogP contribution in [0.5, 0.6) is 0 Å². The Morgan fingerprint density at radius 3 is 2.50 bits per heavy atom. The van der Waals surface area contributed by atoms with Gasteiger partial charge in [-0.2, -0.15) is 0 Å². The van der Waals surface area contributed by atoms with Crippen molar-refractivity contribution in [2.24, 2.45) is 40.4 Å². The maximum Gasteiger partial charge on any atom is 0.243 e. The van der Waals surface area contributed by atoms with E-state index in [0.29, 0.717) is 35.5 Å². The number of fused-ring (bicyclic) bond motifs is 5. The van der Waals surface area contributed by atoms with Gasteiger partial charge < -0.3 is 5.32 Å². The van der Waals surface area contributed by atoms with Crippen LogP contribution in [0.1, 0.15) is 86.5 Å². The van der Waals surface area contributed by atoms with Crippen molar-refractivity contribution in [1.29, 1.82) is 0 Å². The fourth-order valence-corrected chi connectivity index (χ4v) is 7.41. The molecule has 0 aromatic rings. The van der Waals surface area contributed by atoms with Gasteiger partial charge in [0.2, 0.25) is 5.91 Å². The first kappa shape index (κ1) is 21.6. The molecule has 1 heterocycles. The third-order valence-corrected chi connectivity index (χ3v) is 8.68. The van der Waals surface area contributed by atoms with Gasteiger partial charge in [0.15, 0.2) is 0 Å². The lowest BCUT2D eigenvalue weighted by atomic mass is 9.47. The second kappa shape index (κ2) is 7.95. The maximum atomic E-state index is 12.9. The average molecular weight is 388 g/mol. The summed E-state index contributed by atoms with van der Waals surface area (Å²) in [7, 11) is 0. The molecule has 1 N–H and O–H groups in total. The molecule has 0 bridgehead atoms.